The lowest BCUT2D eigenvalue weighted by molar-refractivity contribution is -0.143. The van der Waals surface area contributed by atoms with Crippen LogP contribution in [0.5, 0.6) is 0 Å². The Morgan fingerprint density at radius 2 is 2.40 bits per heavy atom. The summed E-state index contributed by atoms with van der Waals surface area (Å²) < 4.78 is 4.63. The first-order chi connectivity index (χ1) is 4.66. The van der Waals surface area contributed by atoms with Gasteiger partial charge in [-0.2, -0.15) is 0 Å². The number of aliphatic hydroxyl groups is 1. The van der Waals surface area contributed by atoms with Crippen molar-refractivity contribution in [2.24, 2.45) is 0 Å². The van der Waals surface area contributed by atoms with E-state index in [1.54, 1.807) is 6.92 Å². The normalized spacial score (nSPS) is 11.1. The molecule has 0 aromatic heterocycles. The molecule has 1 N–H and O–H groups in total. The zero-order chi connectivity index (χ0) is 7.98. The number of esters is 1. The Bertz CT molecular complexity index is 163. The number of rotatable bonds is 1. The largest absolute Gasteiger partial charge is 0.450 e. The van der Waals surface area contributed by atoms with Crippen molar-refractivity contribution in [2.45, 2.75) is 20.0 Å². The van der Waals surface area contributed by atoms with Gasteiger partial charge in [0, 0.05) is 6.92 Å². The smallest absolute Gasteiger partial charge is 0.303 e. The molecule has 0 amide bonds. The molecule has 0 heterocycles. The minimum Gasteiger partial charge on any atom is -0.450 e. The topological polar surface area (TPSA) is 46.5 Å². The molecule has 3 heteroatoms. The molecule has 0 rings (SSSR count). The summed E-state index contributed by atoms with van der Waals surface area (Å²) >= 11 is 0. The van der Waals surface area contributed by atoms with Crippen LogP contribution in [-0.2, 0) is 9.53 Å². The van der Waals surface area contributed by atoms with Crippen LogP contribution in [0.25, 0.3) is 0 Å². The summed E-state index contributed by atoms with van der Waals surface area (Å²) in [7, 11) is 0. The fraction of sp³-hybridized carbons (Fsp3) is 0.571. The summed E-state index contributed by atoms with van der Waals surface area (Å²) in [5.74, 6) is 4.54. The Morgan fingerprint density at radius 1 is 1.80 bits per heavy atom. The van der Waals surface area contributed by atoms with Crippen molar-refractivity contribution in [2.75, 3.05) is 6.61 Å². The van der Waals surface area contributed by atoms with E-state index < -0.39 is 6.10 Å². The molecule has 0 aliphatic rings. The predicted molar refractivity (Wildman–Crippen MR) is 36.1 cm³/mol. The number of ether oxygens (including phenoxy) is 1. The maximum absolute atomic E-state index is 10.3. The summed E-state index contributed by atoms with van der Waals surface area (Å²) in [6.45, 7) is 2.76. The molecular formula is C7H10O3. The molecule has 0 saturated heterocycles. The molecule has 3 nitrogen and oxygen atoms in total. The van der Waals surface area contributed by atoms with Gasteiger partial charge in [0.25, 0.3) is 0 Å². The van der Waals surface area contributed by atoms with E-state index in [1.807, 2.05) is 0 Å². The minimum absolute atomic E-state index is 0.203. The average molecular weight is 142 g/mol. The Morgan fingerprint density at radius 3 is 2.80 bits per heavy atom. The average Bonchev–Trinajstić information content (AvgIpc) is 1.82. The Kier molecular flexibility index (Phi) is 4.34. The minimum atomic E-state index is -0.426. The van der Waals surface area contributed by atoms with Crippen molar-refractivity contribution >= 4 is 5.97 Å². The van der Waals surface area contributed by atoms with E-state index in [9.17, 15) is 4.79 Å². The fourth-order valence-electron chi connectivity index (χ4n) is 0.468. The molecule has 0 radical (unpaired) electrons. The van der Waals surface area contributed by atoms with Crippen molar-refractivity contribution in [1.82, 2.24) is 0 Å². The van der Waals surface area contributed by atoms with Crippen molar-refractivity contribution in [3.8, 4) is 11.8 Å². The van der Waals surface area contributed by atoms with Crippen molar-refractivity contribution in [3.05, 3.63) is 0 Å². The van der Waals surface area contributed by atoms with Crippen LogP contribution in [0.2, 0.25) is 0 Å². The Labute approximate surface area is 60.0 Å². The summed E-state index contributed by atoms with van der Waals surface area (Å²) in [6, 6.07) is 0. The zero-order valence-corrected chi connectivity index (χ0v) is 6.05. The third-order valence-electron chi connectivity index (χ3n) is 0.727. The maximum atomic E-state index is 10.3. The van der Waals surface area contributed by atoms with Crippen LogP contribution in [0.4, 0.5) is 0 Å². The van der Waals surface area contributed by atoms with Gasteiger partial charge in [-0.05, 0) is 6.92 Å². The van der Waals surface area contributed by atoms with Crippen LogP contribution < -0.4 is 0 Å². The second-order valence-corrected chi connectivity index (χ2v) is 1.73. The number of aliphatic hydroxyl groups excluding tert-OH is 1. The molecule has 1 atom stereocenters. The van der Waals surface area contributed by atoms with E-state index in [1.165, 1.54) is 6.92 Å². The van der Waals surface area contributed by atoms with Crippen LogP contribution in [0, 0.1) is 11.8 Å². The number of hydrogen-bond donors (Lipinski definition) is 1. The van der Waals surface area contributed by atoms with E-state index in [4.69, 9.17) is 5.11 Å². The van der Waals surface area contributed by atoms with Gasteiger partial charge in [0.15, 0.2) is 6.10 Å². The van der Waals surface area contributed by atoms with Crippen molar-refractivity contribution < 1.29 is 14.6 Å². The van der Waals surface area contributed by atoms with Gasteiger partial charge in [-0.1, -0.05) is 11.8 Å². The molecule has 0 bridgehead atoms. The third kappa shape index (κ3) is 5.13. The van der Waals surface area contributed by atoms with Gasteiger partial charge in [0.2, 0.25) is 0 Å². The van der Waals surface area contributed by atoms with Crippen molar-refractivity contribution in [3.63, 3.8) is 0 Å². The molecule has 0 unspecified atom stereocenters. The van der Waals surface area contributed by atoms with Gasteiger partial charge in [-0.3, -0.25) is 4.79 Å². The van der Waals surface area contributed by atoms with Crippen LogP contribution in [0.3, 0.4) is 0 Å². The predicted octanol–water partition coefficient (Wildman–Crippen LogP) is -0.0663. The van der Waals surface area contributed by atoms with E-state index in [2.05, 4.69) is 16.6 Å². The lowest BCUT2D eigenvalue weighted by Crippen LogP contribution is -2.09. The fourth-order valence-corrected chi connectivity index (χ4v) is 0.468. The highest BCUT2D eigenvalue weighted by atomic mass is 16.5. The Balaban J connectivity index is 3.63. The highest BCUT2D eigenvalue weighted by molar-refractivity contribution is 5.66. The van der Waals surface area contributed by atoms with E-state index >= 15 is 0 Å². The standard InChI is InChI=1S/C7H10O3/c1-6(4-3-5-8)10-7(2)9/h6,8H,5H2,1-2H3/t6-/m1/s1. The molecule has 0 saturated carbocycles. The van der Waals surface area contributed by atoms with Crippen LogP contribution in [0.15, 0.2) is 0 Å². The summed E-state index contributed by atoms with van der Waals surface area (Å²) in [5.41, 5.74) is 0. The van der Waals surface area contributed by atoms with E-state index in [0.717, 1.165) is 0 Å². The molecule has 0 aromatic rings. The first-order valence-corrected chi connectivity index (χ1v) is 2.93. The van der Waals surface area contributed by atoms with Gasteiger partial charge >= 0.3 is 5.97 Å². The highest BCUT2D eigenvalue weighted by Crippen LogP contribution is 1.87. The zero-order valence-electron chi connectivity index (χ0n) is 6.05. The number of carbonyl (C=O) groups is 1. The van der Waals surface area contributed by atoms with Gasteiger partial charge in [0.1, 0.15) is 6.61 Å². The SMILES string of the molecule is CC(=O)O[C@H](C)C#CCO. The molecule has 0 aliphatic carbocycles. The third-order valence-corrected chi connectivity index (χ3v) is 0.727. The summed E-state index contributed by atoms with van der Waals surface area (Å²) in [5, 5.41) is 8.24. The van der Waals surface area contributed by atoms with Gasteiger partial charge in [-0.15, -0.1) is 0 Å². The monoisotopic (exact) mass is 142 g/mol. The molecule has 0 spiro atoms. The molecule has 56 valence electrons. The van der Waals surface area contributed by atoms with Gasteiger partial charge in [-0.25, -0.2) is 0 Å². The molecule has 0 fully saturated rings. The highest BCUT2D eigenvalue weighted by Gasteiger charge is 1.97. The van der Waals surface area contributed by atoms with Crippen LogP contribution >= 0.6 is 0 Å². The molecule has 0 aliphatic heterocycles. The molecule has 10 heavy (non-hydrogen) atoms. The van der Waals surface area contributed by atoms with E-state index in [-0.39, 0.29) is 12.6 Å². The molecule has 0 aromatic carbocycles. The molecular weight excluding hydrogens is 132 g/mol. The number of hydrogen-bond acceptors (Lipinski definition) is 3. The summed E-state index contributed by atoms with van der Waals surface area (Å²) in [4.78, 5) is 10.3. The van der Waals surface area contributed by atoms with Gasteiger partial charge in [0.05, 0.1) is 0 Å². The lowest BCUT2D eigenvalue weighted by atomic mass is 10.4. The maximum Gasteiger partial charge on any atom is 0.303 e. The summed E-state index contributed by atoms with van der Waals surface area (Å²) in [6.07, 6.45) is -0.426. The second-order valence-electron chi connectivity index (χ2n) is 1.73. The quantitative estimate of drug-likeness (QED) is 0.412. The first-order valence-electron chi connectivity index (χ1n) is 2.93. The Hall–Kier alpha value is -1.01. The van der Waals surface area contributed by atoms with Crippen LogP contribution in [-0.4, -0.2) is 23.8 Å². The lowest BCUT2D eigenvalue weighted by Gasteiger charge is -2.01. The van der Waals surface area contributed by atoms with Crippen molar-refractivity contribution in [1.29, 1.82) is 0 Å². The van der Waals surface area contributed by atoms with E-state index in [0.29, 0.717) is 0 Å². The number of carbonyl (C=O) groups excluding carboxylic acids is 1. The van der Waals surface area contributed by atoms with Crippen LogP contribution in [0.1, 0.15) is 13.8 Å². The van der Waals surface area contributed by atoms with Gasteiger partial charge < -0.3 is 9.84 Å². The second kappa shape index (κ2) is 4.83. The first kappa shape index (κ1) is 8.99.